The Hall–Kier alpha value is -0.0000000000000000555. The fraction of sp³-hybridized carbons (Fsp3) is 0.800. The molecule has 0 aliphatic carbocycles. The molecular weight excluding hydrogens is 172 g/mol. The molecule has 0 aliphatic rings. The van der Waals surface area contributed by atoms with Crippen molar-refractivity contribution in [1.82, 2.24) is 0 Å². The van der Waals surface area contributed by atoms with Crippen molar-refractivity contribution in [2.24, 2.45) is 0 Å². The van der Waals surface area contributed by atoms with Gasteiger partial charge in [-0.3, -0.25) is 0 Å². The Kier molecular flexibility index (Phi) is 4.00. The van der Waals surface area contributed by atoms with Gasteiger partial charge in [-0.25, -0.2) is 4.21 Å². The van der Waals surface area contributed by atoms with Crippen LogP contribution in [0.3, 0.4) is 0 Å². The maximum Gasteiger partial charge on any atom is 0.141 e. The van der Waals surface area contributed by atoms with E-state index in [9.17, 15) is 9.00 Å². The van der Waals surface area contributed by atoms with Crippen molar-refractivity contribution >= 4 is 25.7 Å². The van der Waals surface area contributed by atoms with Crippen molar-refractivity contribution in [2.75, 3.05) is 5.75 Å². The van der Waals surface area contributed by atoms with Crippen molar-refractivity contribution in [3.05, 3.63) is 0 Å². The van der Waals surface area contributed by atoms with E-state index in [2.05, 4.69) is 11.2 Å². The highest BCUT2D eigenvalue weighted by molar-refractivity contribution is 8.29. The molecule has 0 aromatic carbocycles. The first-order valence-electron chi connectivity index (χ1n) is 2.86. The molecule has 0 rings (SSSR count). The maximum atomic E-state index is 10.4. The predicted molar refractivity (Wildman–Crippen MR) is 42.9 cm³/mol. The molecule has 0 spiro atoms. The van der Waals surface area contributed by atoms with Gasteiger partial charge in [0.1, 0.15) is 14.6 Å². The van der Waals surface area contributed by atoms with Gasteiger partial charge in [0.05, 0.1) is 5.75 Å². The van der Waals surface area contributed by atoms with Gasteiger partial charge in [0.2, 0.25) is 0 Å². The molecule has 3 nitrogen and oxygen atoms in total. The molecule has 0 bridgehead atoms. The minimum absolute atomic E-state index is 0.0265. The highest BCUT2D eigenvalue weighted by Crippen LogP contribution is 1.94. The molecular formula is C5H10O3S2. The van der Waals surface area contributed by atoms with Crippen LogP contribution in [-0.4, -0.2) is 20.3 Å². The zero-order chi connectivity index (χ0) is 8.20. The molecule has 1 atom stereocenters. The highest BCUT2D eigenvalue weighted by atomic mass is 32.8. The Morgan fingerprint density at radius 3 is 2.50 bits per heavy atom. The first kappa shape index (κ1) is 10.0. The van der Waals surface area contributed by atoms with E-state index in [1.165, 1.54) is 6.92 Å². The van der Waals surface area contributed by atoms with Gasteiger partial charge in [0.15, 0.2) is 0 Å². The van der Waals surface area contributed by atoms with Crippen LogP contribution in [0.15, 0.2) is 0 Å². The molecule has 0 saturated heterocycles. The molecule has 0 saturated carbocycles. The van der Waals surface area contributed by atoms with Crippen LogP contribution in [0.1, 0.15) is 19.8 Å². The van der Waals surface area contributed by atoms with E-state index in [1.807, 2.05) is 0 Å². The maximum absolute atomic E-state index is 10.4. The van der Waals surface area contributed by atoms with E-state index in [1.54, 1.807) is 0 Å². The molecule has 0 radical (unpaired) electrons. The molecule has 1 unspecified atom stereocenters. The van der Waals surface area contributed by atoms with Crippen LogP contribution >= 0.6 is 0 Å². The monoisotopic (exact) mass is 182 g/mol. The van der Waals surface area contributed by atoms with Crippen molar-refractivity contribution in [3.8, 4) is 0 Å². The van der Waals surface area contributed by atoms with E-state index in [-0.39, 0.29) is 11.5 Å². The Morgan fingerprint density at radius 1 is 1.70 bits per heavy atom. The van der Waals surface area contributed by atoms with Crippen molar-refractivity contribution in [3.63, 3.8) is 0 Å². The third-order valence-electron chi connectivity index (χ3n) is 0.931. The molecule has 5 heteroatoms. The van der Waals surface area contributed by atoms with Gasteiger partial charge in [-0.2, -0.15) is 0 Å². The van der Waals surface area contributed by atoms with Gasteiger partial charge in [0, 0.05) is 17.6 Å². The van der Waals surface area contributed by atoms with Crippen molar-refractivity contribution in [2.45, 2.75) is 19.8 Å². The van der Waals surface area contributed by atoms with Crippen LogP contribution in [-0.2, 0) is 24.8 Å². The number of rotatable bonds is 4. The summed E-state index contributed by atoms with van der Waals surface area (Å²) in [5, 5.41) is 0. The van der Waals surface area contributed by atoms with E-state index >= 15 is 0 Å². The van der Waals surface area contributed by atoms with Crippen LogP contribution in [0.4, 0.5) is 0 Å². The van der Waals surface area contributed by atoms with Crippen LogP contribution < -0.4 is 0 Å². The summed E-state index contributed by atoms with van der Waals surface area (Å²) >= 11 is 4.21. The number of carbonyl (C=O) groups excluding carboxylic acids is 1. The average molecular weight is 182 g/mol. The third kappa shape index (κ3) is 8.00. The van der Waals surface area contributed by atoms with Gasteiger partial charge < -0.3 is 9.35 Å². The molecule has 0 amide bonds. The highest BCUT2D eigenvalue weighted by Gasteiger charge is 2.00. The summed E-state index contributed by atoms with van der Waals surface area (Å²) in [4.78, 5) is 10.3. The minimum Gasteiger partial charge on any atom is -0.306 e. The number of hydrogen-bond acceptors (Lipinski definition) is 3. The summed E-state index contributed by atoms with van der Waals surface area (Å²) in [7, 11) is -3.04. The van der Waals surface area contributed by atoms with E-state index < -0.39 is 8.77 Å². The Bertz CT molecular complexity index is 205. The fourth-order valence-electron chi connectivity index (χ4n) is 0.504. The van der Waals surface area contributed by atoms with Crippen LogP contribution in [0.5, 0.6) is 0 Å². The lowest BCUT2D eigenvalue weighted by Gasteiger charge is -1.95. The topological polar surface area (TPSA) is 54.4 Å². The second-order valence-electron chi connectivity index (χ2n) is 2.09. The fourth-order valence-corrected chi connectivity index (χ4v) is 1.37. The van der Waals surface area contributed by atoms with Gasteiger partial charge in [-0.05, 0) is 13.3 Å². The molecule has 0 heterocycles. The summed E-state index contributed by atoms with van der Waals surface area (Å²) in [5.74, 6) is 0.0701. The Morgan fingerprint density at radius 2 is 2.20 bits per heavy atom. The first-order chi connectivity index (χ1) is 4.42. The van der Waals surface area contributed by atoms with Crippen LogP contribution in [0, 0.1) is 0 Å². The Balaban J connectivity index is 3.49. The van der Waals surface area contributed by atoms with Crippen molar-refractivity contribution < 1.29 is 13.6 Å². The lowest BCUT2D eigenvalue weighted by Crippen LogP contribution is -2.03. The number of Topliss-reactive ketones (excluding diaryl/α,β-unsaturated/α-hetero) is 1. The molecule has 0 aromatic heterocycles. The Labute approximate surface area is 65.3 Å². The van der Waals surface area contributed by atoms with E-state index in [0.717, 1.165) is 0 Å². The van der Waals surface area contributed by atoms with Crippen molar-refractivity contribution in [1.29, 1.82) is 0 Å². The smallest absolute Gasteiger partial charge is 0.141 e. The summed E-state index contributed by atoms with van der Waals surface area (Å²) in [6.45, 7) is 1.45. The number of hydrogen-bond donors (Lipinski definition) is 1. The number of carbonyl (C=O) groups is 1. The van der Waals surface area contributed by atoms with E-state index in [4.69, 9.17) is 4.55 Å². The quantitative estimate of drug-likeness (QED) is 0.691. The molecule has 1 N–H and O–H groups in total. The summed E-state index contributed by atoms with van der Waals surface area (Å²) < 4.78 is 19.0. The lowest BCUT2D eigenvalue weighted by atomic mass is 10.3. The SMILES string of the molecule is CC(=O)CCCS(=O)(O)=S. The second kappa shape index (κ2) is 4.00. The average Bonchev–Trinajstić information content (AvgIpc) is 1.59. The number of ketones is 1. The second-order valence-corrected chi connectivity index (χ2v) is 5.23. The zero-order valence-corrected chi connectivity index (χ0v) is 7.33. The third-order valence-corrected chi connectivity index (χ3v) is 2.24. The van der Waals surface area contributed by atoms with Gasteiger partial charge in [0.25, 0.3) is 0 Å². The lowest BCUT2D eigenvalue weighted by molar-refractivity contribution is -0.117. The normalized spacial score (nSPS) is 16.2. The largest absolute Gasteiger partial charge is 0.306 e. The molecule has 0 aliphatic heterocycles. The molecule has 60 valence electrons. The van der Waals surface area contributed by atoms with Gasteiger partial charge in [-0.15, -0.1) is 0 Å². The first-order valence-corrected chi connectivity index (χ1v) is 5.47. The zero-order valence-electron chi connectivity index (χ0n) is 5.70. The summed E-state index contributed by atoms with van der Waals surface area (Å²) in [5.41, 5.74) is 0. The molecule has 0 fully saturated rings. The standard InChI is InChI=1S/C5H10O3S2/c1-5(6)3-2-4-10(7,8)9/h2-4H2,1H3,(H,7,8,9). The van der Waals surface area contributed by atoms with Crippen LogP contribution in [0.2, 0.25) is 0 Å². The molecule has 10 heavy (non-hydrogen) atoms. The summed E-state index contributed by atoms with van der Waals surface area (Å²) in [6, 6.07) is 0. The van der Waals surface area contributed by atoms with Gasteiger partial charge in [-0.1, -0.05) is 0 Å². The van der Waals surface area contributed by atoms with Crippen LogP contribution in [0.25, 0.3) is 0 Å². The predicted octanol–water partition coefficient (Wildman–Crippen LogP) is 0.575. The molecule has 0 aromatic rings. The summed E-state index contributed by atoms with van der Waals surface area (Å²) in [6.07, 6.45) is 0.752. The van der Waals surface area contributed by atoms with Gasteiger partial charge >= 0.3 is 0 Å². The van der Waals surface area contributed by atoms with E-state index in [0.29, 0.717) is 12.8 Å². The minimum atomic E-state index is -3.04.